The van der Waals surface area contributed by atoms with Crippen LogP contribution in [0.15, 0.2) is 51.8 Å². The Kier molecular flexibility index (Phi) is 6.41. The van der Waals surface area contributed by atoms with Crippen LogP contribution in [0.25, 0.3) is 33.6 Å². The molecule has 0 radical (unpaired) electrons. The molecule has 0 bridgehead atoms. The zero-order valence-corrected chi connectivity index (χ0v) is 24.2. The second-order valence-corrected chi connectivity index (χ2v) is 11.6. The lowest BCUT2D eigenvalue weighted by Crippen LogP contribution is -2.17. The summed E-state index contributed by atoms with van der Waals surface area (Å²) in [7, 11) is 1.70. The van der Waals surface area contributed by atoms with Gasteiger partial charge in [-0.3, -0.25) is 4.79 Å². The van der Waals surface area contributed by atoms with E-state index in [-0.39, 0.29) is 11.4 Å². The fourth-order valence-corrected chi connectivity index (χ4v) is 5.38. The van der Waals surface area contributed by atoms with Crippen molar-refractivity contribution < 1.29 is 18.7 Å². The number of fused-ring (bicyclic) bond motifs is 1. The molecule has 6 rings (SSSR count). The molecule has 0 amide bonds. The van der Waals surface area contributed by atoms with Gasteiger partial charge in [0.1, 0.15) is 34.4 Å². The van der Waals surface area contributed by atoms with Crippen molar-refractivity contribution in [1.29, 1.82) is 0 Å². The van der Waals surface area contributed by atoms with Crippen LogP contribution in [-0.2, 0) is 19.1 Å². The molecule has 2 N–H and O–H groups in total. The van der Waals surface area contributed by atoms with Gasteiger partial charge in [-0.25, -0.2) is 9.37 Å². The molecular formula is C33H34FN3O4. The van der Waals surface area contributed by atoms with E-state index in [2.05, 4.69) is 11.9 Å². The highest BCUT2D eigenvalue weighted by Gasteiger charge is 2.29. The number of H-pyrrole nitrogens is 1. The van der Waals surface area contributed by atoms with Crippen LogP contribution < -0.4 is 10.3 Å². The summed E-state index contributed by atoms with van der Waals surface area (Å²) in [6, 6.07) is 10.1. The number of benzene rings is 2. The number of hydrogen-bond acceptors (Lipinski definition) is 5. The summed E-state index contributed by atoms with van der Waals surface area (Å²) in [5, 5.41) is 11.3. The smallest absolute Gasteiger partial charge is 0.261 e. The molecular weight excluding hydrogens is 521 g/mol. The normalized spacial score (nSPS) is 13.8. The summed E-state index contributed by atoms with van der Waals surface area (Å²) >= 11 is 0. The van der Waals surface area contributed by atoms with Crippen LogP contribution in [0.3, 0.4) is 0 Å². The van der Waals surface area contributed by atoms with Crippen molar-refractivity contribution in [3.05, 3.63) is 87.0 Å². The van der Waals surface area contributed by atoms with E-state index in [1.807, 2.05) is 6.07 Å². The quantitative estimate of drug-likeness (QED) is 0.218. The fraction of sp³-hybridized carbons (Fsp3) is 0.333. The van der Waals surface area contributed by atoms with Crippen molar-refractivity contribution in [1.82, 2.24) is 14.5 Å². The van der Waals surface area contributed by atoms with Crippen molar-refractivity contribution in [2.24, 2.45) is 7.05 Å². The number of furan rings is 1. The third-order valence-electron chi connectivity index (χ3n) is 7.81. The second-order valence-electron chi connectivity index (χ2n) is 11.6. The maximum atomic E-state index is 14.0. The number of aryl methyl sites for hydroxylation is 4. The van der Waals surface area contributed by atoms with E-state index in [1.54, 1.807) is 59.1 Å². The molecule has 3 heterocycles. The number of nitrogens with zero attached hydrogens (tertiary/aromatic N) is 2. The van der Waals surface area contributed by atoms with E-state index >= 15 is 0 Å². The van der Waals surface area contributed by atoms with Gasteiger partial charge in [0, 0.05) is 36.0 Å². The number of imidazole rings is 1. The topological polar surface area (TPSA) is 93.3 Å². The summed E-state index contributed by atoms with van der Waals surface area (Å²) in [6.07, 6.45) is 4.71. The summed E-state index contributed by atoms with van der Waals surface area (Å²) < 4.78 is 28.5. The molecule has 0 aliphatic heterocycles. The highest BCUT2D eigenvalue weighted by atomic mass is 19.1. The lowest BCUT2D eigenvalue weighted by Gasteiger charge is -2.21. The van der Waals surface area contributed by atoms with E-state index in [9.17, 15) is 14.3 Å². The molecule has 1 aliphatic carbocycles. The first kappa shape index (κ1) is 27.0. The number of pyridine rings is 1. The number of hydrogen-bond donors (Lipinski definition) is 2. The van der Waals surface area contributed by atoms with Crippen LogP contribution in [0.5, 0.6) is 11.5 Å². The molecule has 0 saturated heterocycles. The molecule has 0 unspecified atom stereocenters. The largest absolute Gasteiger partial charge is 0.456 e. The lowest BCUT2D eigenvalue weighted by molar-refractivity contribution is 0.0786. The van der Waals surface area contributed by atoms with Gasteiger partial charge in [0.15, 0.2) is 5.76 Å². The van der Waals surface area contributed by atoms with Gasteiger partial charge in [-0.05, 0) is 94.0 Å². The van der Waals surface area contributed by atoms with Crippen molar-refractivity contribution in [2.75, 3.05) is 0 Å². The van der Waals surface area contributed by atoms with Gasteiger partial charge < -0.3 is 23.8 Å². The molecule has 1 saturated carbocycles. The zero-order chi connectivity index (χ0) is 29.2. The SMILES string of the molecule is CCc1[nH]c(C2CC2)nc1-c1cc2c(=O)n(C)cc(-c3cc(C(C)(C)O)ccc3Oc3c(C)cc(F)cc3C)c2o1. The first-order valence-electron chi connectivity index (χ1n) is 14.0. The molecule has 3 aromatic heterocycles. The standard InChI is InChI=1S/C33H34FN3O4/c1-7-25-28(36-31(35-25)19-8-9-19)27-15-23-30(41-27)24(16-37(6)32(23)38)22-14-20(33(4,5)39)10-11-26(22)40-29-17(2)12-21(34)13-18(29)3/h10-16,19,39H,7-9H2,1-6H3,(H,35,36). The van der Waals surface area contributed by atoms with Crippen LogP contribution in [0, 0.1) is 19.7 Å². The fourth-order valence-electron chi connectivity index (χ4n) is 5.38. The van der Waals surface area contributed by atoms with Gasteiger partial charge in [-0.1, -0.05) is 13.0 Å². The highest BCUT2D eigenvalue weighted by Crippen LogP contribution is 2.43. The molecule has 0 atom stereocenters. The maximum absolute atomic E-state index is 14.0. The molecule has 2 aromatic carbocycles. The van der Waals surface area contributed by atoms with Gasteiger partial charge >= 0.3 is 0 Å². The molecule has 1 fully saturated rings. The Morgan fingerprint density at radius 2 is 1.85 bits per heavy atom. The maximum Gasteiger partial charge on any atom is 0.261 e. The van der Waals surface area contributed by atoms with Crippen molar-refractivity contribution in [2.45, 2.75) is 65.4 Å². The molecule has 1 aliphatic rings. The lowest BCUT2D eigenvalue weighted by atomic mass is 9.93. The monoisotopic (exact) mass is 555 g/mol. The van der Waals surface area contributed by atoms with Crippen LogP contribution in [0.1, 0.15) is 67.7 Å². The third kappa shape index (κ3) is 4.86. The predicted octanol–water partition coefficient (Wildman–Crippen LogP) is 7.40. The minimum absolute atomic E-state index is 0.193. The molecule has 0 spiro atoms. The zero-order valence-electron chi connectivity index (χ0n) is 24.2. The van der Waals surface area contributed by atoms with Crippen LogP contribution in [-0.4, -0.2) is 19.6 Å². The van der Waals surface area contributed by atoms with Gasteiger partial charge in [0.2, 0.25) is 0 Å². The van der Waals surface area contributed by atoms with Crippen LogP contribution >= 0.6 is 0 Å². The summed E-state index contributed by atoms with van der Waals surface area (Å²) in [6.45, 7) is 9.08. The Morgan fingerprint density at radius 3 is 2.49 bits per heavy atom. The number of nitrogens with one attached hydrogen (secondary N) is 1. The summed E-state index contributed by atoms with van der Waals surface area (Å²) in [4.78, 5) is 21.6. The first-order valence-corrected chi connectivity index (χ1v) is 14.0. The number of rotatable bonds is 7. The van der Waals surface area contributed by atoms with Crippen LogP contribution in [0.4, 0.5) is 4.39 Å². The number of aromatic amines is 1. The predicted molar refractivity (Wildman–Crippen MR) is 157 cm³/mol. The summed E-state index contributed by atoms with van der Waals surface area (Å²) in [5.74, 6) is 2.63. The van der Waals surface area contributed by atoms with E-state index < -0.39 is 5.60 Å². The number of ether oxygens (including phenoxy) is 1. The minimum atomic E-state index is -1.13. The number of aliphatic hydroxyl groups is 1. The van der Waals surface area contributed by atoms with E-state index in [0.29, 0.717) is 62.0 Å². The Morgan fingerprint density at radius 1 is 1.15 bits per heavy atom. The van der Waals surface area contributed by atoms with Gasteiger partial charge in [-0.2, -0.15) is 0 Å². The molecule has 212 valence electrons. The van der Waals surface area contributed by atoms with Gasteiger partial charge in [-0.15, -0.1) is 0 Å². The number of halogens is 1. The highest BCUT2D eigenvalue weighted by molar-refractivity contribution is 5.95. The number of aromatic nitrogens is 3. The van der Waals surface area contributed by atoms with Gasteiger partial charge in [0.25, 0.3) is 5.56 Å². The van der Waals surface area contributed by atoms with Gasteiger partial charge in [0.05, 0.1) is 11.0 Å². The third-order valence-corrected chi connectivity index (χ3v) is 7.81. The van der Waals surface area contributed by atoms with E-state index in [0.717, 1.165) is 36.5 Å². The van der Waals surface area contributed by atoms with E-state index in [1.165, 1.54) is 16.7 Å². The van der Waals surface area contributed by atoms with Crippen LogP contribution in [0.2, 0.25) is 0 Å². The molecule has 41 heavy (non-hydrogen) atoms. The summed E-state index contributed by atoms with van der Waals surface area (Å²) in [5.41, 5.74) is 4.01. The minimum Gasteiger partial charge on any atom is -0.456 e. The first-order chi connectivity index (χ1) is 19.4. The average molecular weight is 556 g/mol. The Bertz CT molecular complexity index is 1850. The average Bonchev–Trinajstić information content (AvgIpc) is 3.51. The van der Waals surface area contributed by atoms with Crippen molar-refractivity contribution >= 4 is 11.0 Å². The Balaban J connectivity index is 1.58. The second kappa shape index (κ2) is 9.73. The van der Waals surface area contributed by atoms with Crippen molar-refractivity contribution in [3.8, 4) is 34.1 Å². The molecule has 8 heteroatoms. The molecule has 7 nitrogen and oxygen atoms in total. The Hall–Kier alpha value is -4.17. The Labute approximate surface area is 237 Å². The molecule has 5 aromatic rings. The van der Waals surface area contributed by atoms with Crippen molar-refractivity contribution in [3.63, 3.8) is 0 Å². The van der Waals surface area contributed by atoms with E-state index in [4.69, 9.17) is 14.1 Å².